The van der Waals surface area contributed by atoms with E-state index in [2.05, 4.69) is 18.0 Å². The summed E-state index contributed by atoms with van der Waals surface area (Å²) in [6.45, 7) is 2.68. The van der Waals surface area contributed by atoms with Gasteiger partial charge < -0.3 is 15.0 Å². The Bertz CT molecular complexity index is 507. The largest absolute Gasteiger partial charge is 0.380 e. The average molecular weight is 245 g/mol. The van der Waals surface area contributed by atoms with Crippen LogP contribution in [0.15, 0.2) is 36.8 Å². The molecule has 2 N–H and O–H groups in total. The Balaban J connectivity index is 2.36. The van der Waals surface area contributed by atoms with Crippen molar-refractivity contribution in [2.45, 2.75) is 26.0 Å². The second kappa shape index (κ2) is 5.80. The van der Waals surface area contributed by atoms with E-state index in [1.165, 1.54) is 0 Å². The second-order valence-electron chi connectivity index (χ2n) is 4.31. The summed E-state index contributed by atoms with van der Waals surface area (Å²) in [6, 6.07) is 8.22. The lowest BCUT2D eigenvalue weighted by Crippen LogP contribution is -2.13. The predicted octanol–water partition coefficient (Wildman–Crippen LogP) is 2.43. The molecule has 4 nitrogen and oxygen atoms in total. The van der Waals surface area contributed by atoms with Crippen LogP contribution in [0.1, 0.15) is 30.6 Å². The van der Waals surface area contributed by atoms with Crippen molar-refractivity contribution in [1.29, 1.82) is 0 Å². The number of aromatic nitrogens is 2. The first-order valence-corrected chi connectivity index (χ1v) is 6.12. The minimum absolute atomic E-state index is 0.0126. The lowest BCUT2D eigenvalue weighted by atomic mass is 10.1. The van der Waals surface area contributed by atoms with Gasteiger partial charge in [0.25, 0.3) is 0 Å². The zero-order chi connectivity index (χ0) is 13.0. The summed E-state index contributed by atoms with van der Waals surface area (Å²) in [4.78, 5) is 4.19. The highest BCUT2D eigenvalue weighted by molar-refractivity contribution is 5.37. The minimum atomic E-state index is 0.0126. The highest BCUT2D eigenvalue weighted by atomic mass is 16.5. The maximum Gasteiger partial charge on any atom is 0.0994 e. The van der Waals surface area contributed by atoms with Crippen molar-refractivity contribution in [2.24, 2.45) is 5.73 Å². The quantitative estimate of drug-likeness (QED) is 0.880. The number of imidazole rings is 1. The molecular weight excluding hydrogens is 226 g/mol. The fourth-order valence-corrected chi connectivity index (χ4v) is 1.97. The molecule has 0 aliphatic heterocycles. The molecule has 4 heteroatoms. The number of ether oxygens (including phenoxy) is 1. The van der Waals surface area contributed by atoms with Crippen molar-refractivity contribution in [1.82, 2.24) is 9.55 Å². The van der Waals surface area contributed by atoms with Crippen molar-refractivity contribution in [3.05, 3.63) is 48.0 Å². The maximum atomic E-state index is 6.09. The van der Waals surface area contributed by atoms with Gasteiger partial charge in [0.15, 0.2) is 0 Å². The molecule has 0 unspecified atom stereocenters. The number of nitrogens with two attached hydrogens (primary N) is 1. The Kier molecular flexibility index (Phi) is 4.12. The fourth-order valence-electron chi connectivity index (χ4n) is 1.97. The number of hydrogen-bond acceptors (Lipinski definition) is 3. The van der Waals surface area contributed by atoms with Crippen LogP contribution in [0.3, 0.4) is 0 Å². The number of nitrogens with zero attached hydrogens (tertiary/aromatic N) is 2. The summed E-state index contributed by atoms with van der Waals surface area (Å²) in [5.74, 6) is 0. The third-order valence-electron chi connectivity index (χ3n) is 2.99. The molecule has 0 saturated heterocycles. The van der Waals surface area contributed by atoms with E-state index in [-0.39, 0.29) is 6.04 Å². The zero-order valence-electron chi connectivity index (χ0n) is 10.8. The Morgan fingerprint density at radius 1 is 1.44 bits per heavy atom. The Labute approximate surface area is 107 Å². The summed E-state index contributed by atoms with van der Waals surface area (Å²) >= 11 is 0. The van der Waals surface area contributed by atoms with Crippen LogP contribution in [-0.4, -0.2) is 16.7 Å². The minimum Gasteiger partial charge on any atom is -0.380 e. The summed E-state index contributed by atoms with van der Waals surface area (Å²) in [5.41, 5.74) is 9.33. The van der Waals surface area contributed by atoms with Crippen molar-refractivity contribution in [3.63, 3.8) is 0 Å². The van der Waals surface area contributed by atoms with Crippen molar-refractivity contribution in [2.75, 3.05) is 7.11 Å². The summed E-state index contributed by atoms with van der Waals surface area (Å²) in [7, 11) is 1.70. The fraction of sp³-hybridized carbons (Fsp3) is 0.357. The van der Waals surface area contributed by atoms with Gasteiger partial charge in [0.05, 0.1) is 24.8 Å². The second-order valence-corrected chi connectivity index (χ2v) is 4.31. The monoisotopic (exact) mass is 245 g/mol. The highest BCUT2D eigenvalue weighted by Crippen LogP contribution is 2.19. The molecule has 18 heavy (non-hydrogen) atoms. The molecular formula is C14H19N3O. The molecule has 0 aliphatic carbocycles. The molecule has 1 aromatic heterocycles. The smallest absolute Gasteiger partial charge is 0.0994 e. The lowest BCUT2D eigenvalue weighted by Gasteiger charge is -2.13. The summed E-state index contributed by atoms with van der Waals surface area (Å²) < 4.78 is 7.18. The van der Waals surface area contributed by atoms with Crippen LogP contribution < -0.4 is 5.73 Å². The molecule has 0 fully saturated rings. The Morgan fingerprint density at radius 2 is 2.28 bits per heavy atom. The van der Waals surface area contributed by atoms with Crippen LogP contribution in [-0.2, 0) is 11.3 Å². The molecule has 0 amide bonds. The van der Waals surface area contributed by atoms with Gasteiger partial charge in [-0.15, -0.1) is 0 Å². The van der Waals surface area contributed by atoms with Gasteiger partial charge in [-0.25, -0.2) is 4.98 Å². The third-order valence-corrected chi connectivity index (χ3v) is 2.99. The van der Waals surface area contributed by atoms with Gasteiger partial charge in [0.1, 0.15) is 0 Å². The molecule has 1 aromatic carbocycles. The van der Waals surface area contributed by atoms with Gasteiger partial charge in [-0.3, -0.25) is 0 Å². The molecule has 0 spiro atoms. The highest BCUT2D eigenvalue weighted by Gasteiger charge is 2.10. The number of methoxy groups -OCH3 is 1. The standard InChI is InChI=1S/C14H19N3O/c1-3-13(15)14-8-16-10-17(14)12-6-4-5-11(7-12)9-18-2/h4-8,10,13H,3,9,15H2,1-2H3/t13-/m1/s1. The van der Waals surface area contributed by atoms with Gasteiger partial charge in [-0.2, -0.15) is 0 Å². The predicted molar refractivity (Wildman–Crippen MR) is 71.5 cm³/mol. The van der Waals surface area contributed by atoms with Crippen molar-refractivity contribution >= 4 is 0 Å². The van der Waals surface area contributed by atoms with E-state index < -0.39 is 0 Å². The van der Waals surface area contributed by atoms with Crippen LogP contribution >= 0.6 is 0 Å². The molecule has 0 aliphatic rings. The van der Waals surface area contributed by atoms with E-state index in [0.717, 1.165) is 23.4 Å². The normalized spacial score (nSPS) is 12.6. The summed E-state index contributed by atoms with van der Waals surface area (Å²) in [6.07, 6.45) is 4.53. The molecule has 0 saturated carbocycles. The van der Waals surface area contributed by atoms with Gasteiger partial charge in [-0.1, -0.05) is 19.1 Å². The van der Waals surface area contributed by atoms with E-state index in [9.17, 15) is 0 Å². The van der Waals surface area contributed by atoms with Crippen LogP contribution in [0.25, 0.3) is 5.69 Å². The Hall–Kier alpha value is -1.65. The molecule has 1 heterocycles. The van der Waals surface area contributed by atoms with Gasteiger partial charge in [0.2, 0.25) is 0 Å². The van der Waals surface area contributed by atoms with Crippen molar-refractivity contribution in [3.8, 4) is 5.69 Å². The third kappa shape index (κ3) is 2.60. The number of rotatable bonds is 5. The molecule has 0 radical (unpaired) electrons. The van der Waals surface area contributed by atoms with E-state index >= 15 is 0 Å². The van der Waals surface area contributed by atoms with Crippen molar-refractivity contribution < 1.29 is 4.74 Å². The SMILES string of the molecule is CC[C@@H](N)c1cncn1-c1cccc(COC)c1. The molecule has 2 aromatic rings. The first kappa shape index (κ1) is 12.8. The first-order valence-electron chi connectivity index (χ1n) is 6.12. The molecule has 1 atom stereocenters. The van der Waals surface area contributed by atoms with E-state index in [0.29, 0.717) is 6.61 Å². The number of benzene rings is 1. The number of hydrogen-bond donors (Lipinski definition) is 1. The summed E-state index contributed by atoms with van der Waals surface area (Å²) in [5, 5.41) is 0. The van der Waals surface area contributed by atoms with Crippen LogP contribution in [0.2, 0.25) is 0 Å². The molecule has 2 rings (SSSR count). The van der Waals surface area contributed by atoms with Gasteiger partial charge in [0, 0.05) is 18.8 Å². The van der Waals surface area contributed by atoms with Crippen LogP contribution in [0, 0.1) is 0 Å². The zero-order valence-corrected chi connectivity index (χ0v) is 10.8. The maximum absolute atomic E-state index is 6.09. The molecule has 0 bridgehead atoms. The van der Waals surface area contributed by atoms with E-state index in [1.807, 2.05) is 29.0 Å². The first-order chi connectivity index (χ1) is 8.76. The van der Waals surface area contributed by atoms with Gasteiger partial charge in [-0.05, 0) is 24.1 Å². The Morgan fingerprint density at radius 3 is 3.00 bits per heavy atom. The van der Waals surface area contributed by atoms with E-state index in [4.69, 9.17) is 10.5 Å². The van der Waals surface area contributed by atoms with Gasteiger partial charge >= 0.3 is 0 Å². The van der Waals surface area contributed by atoms with Crippen LogP contribution in [0.4, 0.5) is 0 Å². The molecule has 96 valence electrons. The van der Waals surface area contributed by atoms with E-state index in [1.54, 1.807) is 13.4 Å². The average Bonchev–Trinajstić information content (AvgIpc) is 2.88. The van der Waals surface area contributed by atoms with Crippen LogP contribution in [0.5, 0.6) is 0 Å². The lowest BCUT2D eigenvalue weighted by molar-refractivity contribution is 0.185. The topological polar surface area (TPSA) is 53.1 Å².